The first kappa shape index (κ1) is 26.2. The first-order valence-electron chi connectivity index (χ1n) is 12.6. The van der Waals surface area contributed by atoms with Gasteiger partial charge in [0.05, 0.1) is 17.0 Å². The minimum Gasteiger partial charge on any atom is -0.398 e. The number of rotatable bonds is 6. The Bertz CT molecular complexity index is 1160. The summed E-state index contributed by atoms with van der Waals surface area (Å²) < 4.78 is 39.4. The molecule has 1 heterocycles. The Morgan fingerprint density at radius 1 is 1.25 bits per heavy atom. The molecule has 0 unspecified atom stereocenters. The Labute approximate surface area is 210 Å². The van der Waals surface area contributed by atoms with Gasteiger partial charge in [0.1, 0.15) is 0 Å². The lowest BCUT2D eigenvalue weighted by molar-refractivity contribution is -0.122. The number of anilines is 1. The summed E-state index contributed by atoms with van der Waals surface area (Å²) in [6.45, 7) is 3.44. The summed E-state index contributed by atoms with van der Waals surface area (Å²) in [6.07, 6.45) is 7.95. The fraction of sp³-hybridized carbons (Fsp3) is 0.500. The molecule has 5 rings (SSSR count). The van der Waals surface area contributed by atoms with Crippen molar-refractivity contribution in [3.63, 3.8) is 0 Å². The average Bonchev–Trinajstić information content (AvgIpc) is 3.59. The highest BCUT2D eigenvalue weighted by Crippen LogP contribution is 2.56. The van der Waals surface area contributed by atoms with Crippen LogP contribution >= 0.6 is 0 Å². The van der Waals surface area contributed by atoms with Gasteiger partial charge in [-0.3, -0.25) is 4.79 Å². The number of allylic oxidation sites excluding steroid dienone is 1. The number of nitrogen functional groups attached to an aromatic ring is 1. The molecule has 0 atom stereocenters. The van der Waals surface area contributed by atoms with Crippen molar-refractivity contribution in [3.05, 3.63) is 48.3 Å². The number of alkyl halides is 3. The molecule has 0 radical (unpaired) electrons. The molecule has 3 fully saturated rings. The van der Waals surface area contributed by atoms with E-state index in [1.807, 2.05) is 0 Å². The third kappa shape index (κ3) is 5.91. The SMILES string of the molecule is C=C(c1nc(/C=C/CNC(=O)C2CC2)cc2c(N)cccc12)C(F)(F)F.CN(C)C1CC2(CCC2)C1. The molecule has 2 aromatic rings. The minimum atomic E-state index is -4.59. The van der Waals surface area contributed by atoms with Crippen molar-refractivity contribution in [2.75, 3.05) is 26.4 Å². The number of nitrogens with one attached hydrogen (secondary N) is 1. The van der Waals surface area contributed by atoms with Crippen LogP contribution in [0.5, 0.6) is 0 Å². The Morgan fingerprint density at radius 2 is 1.94 bits per heavy atom. The number of carbonyl (C=O) groups is 1. The number of hydrogen-bond donors (Lipinski definition) is 2. The van der Waals surface area contributed by atoms with Crippen molar-refractivity contribution < 1.29 is 18.0 Å². The molecule has 1 aromatic heterocycles. The third-order valence-corrected chi connectivity index (χ3v) is 7.67. The van der Waals surface area contributed by atoms with E-state index in [1.165, 1.54) is 38.2 Å². The summed E-state index contributed by atoms with van der Waals surface area (Å²) in [6, 6.07) is 7.27. The number of nitrogens with zero attached hydrogens (tertiary/aromatic N) is 2. The summed E-state index contributed by atoms with van der Waals surface area (Å²) in [5, 5.41) is 3.52. The van der Waals surface area contributed by atoms with Crippen molar-refractivity contribution in [1.82, 2.24) is 15.2 Å². The summed E-state index contributed by atoms with van der Waals surface area (Å²) >= 11 is 0. The minimum absolute atomic E-state index is 0.00324. The second-order valence-corrected chi connectivity index (χ2v) is 10.6. The fourth-order valence-electron chi connectivity index (χ4n) is 4.99. The lowest BCUT2D eigenvalue weighted by Gasteiger charge is -2.56. The highest BCUT2D eigenvalue weighted by atomic mass is 19.4. The number of hydrogen-bond acceptors (Lipinski definition) is 4. The Kier molecular flexibility index (Phi) is 7.46. The largest absolute Gasteiger partial charge is 0.417 e. The molecule has 3 N–H and O–H groups in total. The number of carbonyl (C=O) groups excluding carboxylic acids is 1. The van der Waals surface area contributed by atoms with Gasteiger partial charge in [0.15, 0.2) is 0 Å². The van der Waals surface area contributed by atoms with Gasteiger partial charge in [-0.25, -0.2) is 4.98 Å². The third-order valence-electron chi connectivity index (χ3n) is 7.67. The standard InChI is InChI=1S/C19H18F3N3O.C9H17N/c1-11(19(20,21)22)17-14-5-2-6-16(23)15(14)10-13(25-17)4-3-9-24-18(26)12-7-8-12;1-10(2)8-6-9(7-8)4-3-5-9/h2-6,10,12H,1,7-9,23H2,(H,24,26);8H,3-7H2,1-2H3/b4-3+;. The summed E-state index contributed by atoms with van der Waals surface area (Å²) in [4.78, 5) is 18.1. The normalized spacial score (nSPS) is 19.1. The molecule has 1 spiro atoms. The molecule has 1 aromatic carbocycles. The number of nitrogens with two attached hydrogens (primary N) is 1. The zero-order valence-electron chi connectivity index (χ0n) is 21.0. The zero-order valence-corrected chi connectivity index (χ0v) is 21.0. The van der Waals surface area contributed by atoms with Crippen LogP contribution in [0.4, 0.5) is 18.9 Å². The van der Waals surface area contributed by atoms with Crippen LogP contribution in [0.25, 0.3) is 22.4 Å². The predicted octanol–water partition coefficient (Wildman–Crippen LogP) is 5.81. The number of halogens is 3. The van der Waals surface area contributed by atoms with Gasteiger partial charge < -0.3 is 16.0 Å². The Morgan fingerprint density at radius 3 is 2.50 bits per heavy atom. The van der Waals surface area contributed by atoms with E-state index in [0.717, 1.165) is 24.3 Å². The van der Waals surface area contributed by atoms with Gasteiger partial charge in [-0.2, -0.15) is 13.2 Å². The van der Waals surface area contributed by atoms with E-state index < -0.39 is 11.7 Å². The molecule has 0 saturated heterocycles. The molecule has 8 heteroatoms. The maximum Gasteiger partial charge on any atom is 0.417 e. The monoisotopic (exact) mass is 500 g/mol. The second kappa shape index (κ2) is 10.2. The van der Waals surface area contributed by atoms with E-state index in [0.29, 0.717) is 22.2 Å². The molecule has 5 nitrogen and oxygen atoms in total. The quantitative estimate of drug-likeness (QED) is 0.491. The van der Waals surface area contributed by atoms with Crippen LogP contribution in [0.3, 0.4) is 0 Å². The summed E-state index contributed by atoms with van der Waals surface area (Å²) in [5.41, 5.74) is 6.18. The topological polar surface area (TPSA) is 71.2 Å². The maximum atomic E-state index is 13.1. The van der Waals surface area contributed by atoms with Gasteiger partial charge in [-0.1, -0.05) is 31.2 Å². The van der Waals surface area contributed by atoms with Crippen molar-refractivity contribution in [2.24, 2.45) is 11.3 Å². The number of benzene rings is 1. The second-order valence-electron chi connectivity index (χ2n) is 10.6. The lowest BCUT2D eigenvalue weighted by Crippen LogP contribution is -2.51. The van der Waals surface area contributed by atoms with Crippen molar-refractivity contribution >= 4 is 34.0 Å². The zero-order chi connectivity index (χ0) is 26.1. The van der Waals surface area contributed by atoms with Crippen LogP contribution < -0.4 is 11.1 Å². The van der Waals surface area contributed by atoms with Gasteiger partial charge in [-0.15, -0.1) is 0 Å². The van der Waals surface area contributed by atoms with Gasteiger partial charge in [0.25, 0.3) is 0 Å². The molecule has 3 aliphatic rings. The molecule has 3 aliphatic carbocycles. The molecular formula is C28H35F3N4O. The molecule has 36 heavy (non-hydrogen) atoms. The van der Waals surface area contributed by atoms with E-state index in [9.17, 15) is 18.0 Å². The van der Waals surface area contributed by atoms with Crippen molar-refractivity contribution in [3.8, 4) is 0 Å². The van der Waals surface area contributed by atoms with E-state index in [1.54, 1.807) is 30.4 Å². The van der Waals surface area contributed by atoms with E-state index in [4.69, 9.17) is 5.73 Å². The van der Waals surface area contributed by atoms with Gasteiger partial charge in [0, 0.05) is 35.0 Å². The molecule has 194 valence electrons. The van der Waals surface area contributed by atoms with Gasteiger partial charge in [-0.05, 0) is 76.2 Å². The highest BCUT2D eigenvalue weighted by Gasteiger charge is 2.48. The molecule has 0 aliphatic heterocycles. The van der Waals surface area contributed by atoms with E-state index in [-0.39, 0.29) is 24.1 Å². The Balaban J connectivity index is 0.000000251. The van der Waals surface area contributed by atoms with Crippen LogP contribution in [-0.2, 0) is 4.79 Å². The van der Waals surface area contributed by atoms with Crippen LogP contribution in [0.1, 0.15) is 56.3 Å². The van der Waals surface area contributed by atoms with Crippen LogP contribution in [-0.4, -0.2) is 48.6 Å². The Hall–Kier alpha value is -2.87. The van der Waals surface area contributed by atoms with Crippen LogP contribution in [0.2, 0.25) is 0 Å². The summed E-state index contributed by atoms with van der Waals surface area (Å²) in [7, 11) is 4.41. The number of pyridine rings is 1. The van der Waals surface area contributed by atoms with Crippen LogP contribution in [0.15, 0.2) is 36.9 Å². The van der Waals surface area contributed by atoms with Crippen molar-refractivity contribution in [2.45, 2.75) is 57.2 Å². The maximum absolute atomic E-state index is 13.1. The fourth-order valence-corrected chi connectivity index (χ4v) is 4.99. The number of aromatic nitrogens is 1. The smallest absolute Gasteiger partial charge is 0.398 e. The van der Waals surface area contributed by atoms with E-state index in [2.05, 4.69) is 35.9 Å². The number of fused-ring (bicyclic) bond motifs is 1. The van der Waals surface area contributed by atoms with Crippen molar-refractivity contribution in [1.29, 1.82) is 0 Å². The van der Waals surface area contributed by atoms with Gasteiger partial charge in [0.2, 0.25) is 5.91 Å². The first-order valence-corrected chi connectivity index (χ1v) is 12.6. The molecule has 0 bridgehead atoms. The summed E-state index contributed by atoms with van der Waals surface area (Å²) in [5.74, 6) is 0.0974. The highest BCUT2D eigenvalue weighted by molar-refractivity contribution is 6.00. The molecule has 3 saturated carbocycles. The molecule has 1 amide bonds. The van der Waals surface area contributed by atoms with Gasteiger partial charge >= 0.3 is 6.18 Å². The van der Waals surface area contributed by atoms with Crippen LogP contribution in [0, 0.1) is 11.3 Å². The average molecular weight is 501 g/mol. The first-order chi connectivity index (χ1) is 17.0. The number of amides is 1. The predicted molar refractivity (Wildman–Crippen MR) is 139 cm³/mol. The lowest BCUT2D eigenvalue weighted by atomic mass is 9.54. The van der Waals surface area contributed by atoms with E-state index >= 15 is 0 Å². The molecular weight excluding hydrogens is 465 g/mol.